The van der Waals surface area contributed by atoms with E-state index in [-0.39, 0.29) is 0 Å². The van der Waals surface area contributed by atoms with Gasteiger partial charge in [0.15, 0.2) is 0 Å². The summed E-state index contributed by atoms with van der Waals surface area (Å²) in [5.74, 6) is 0. The summed E-state index contributed by atoms with van der Waals surface area (Å²) in [7, 11) is 1.73. The first-order chi connectivity index (χ1) is 8.02. The Morgan fingerprint density at radius 3 is 2.12 bits per heavy atom. The largest absolute Gasteiger partial charge is 0.352 e. The van der Waals surface area contributed by atoms with Gasteiger partial charge in [0.05, 0.1) is 0 Å². The number of hydrogen-bond acceptors (Lipinski definition) is 0. The molecule has 2 aromatic rings. The lowest BCUT2D eigenvalue weighted by Crippen LogP contribution is -2.39. The molecule has 17 heavy (non-hydrogen) atoms. The molecule has 1 aromatic heterocycles. The molecule has 0 aliphatic heterocycles. The average molecular weight is 244 g/mol. The van der Waals surface area contributed by atoms with E-state index in [1.54, 1.807) is 5.32 Å². The van der Waals surface area contributed by atoms with Crippen LogP contribution in [0, 0.1) is 0 Å². The van der Waals surface area contributed by atoms with Crippen LogP contribution in [-0.2, 0) is 7.05 Å². The van der Waals surface area contributed by atoms with Gasteiger partial charge in [-0.1, -0.05) is 45.9 Å². The van der Waals surface area contributed by atoms with E-state index in [0.29, 0.717) is 0 Å². The normalized spacial score (nSPS) is 12.2. The van der Waals surface area contributed by atoms with Gasteiger partial charge in [0.1, 0.15) is 8.80 Å². The maximum Gasteiger partial charge on any atom is 0.113 e. The highest BCUT2D eigenvalue weighted by Crippen LogP contribution is 2.22. The minimum Gasteiger partial charge on any atom is -0.352 e. The number of para-hydroxylation sites is 1. The Labute approximate surface area is 106 Å². The molecule has 0 saturated heterocycles. The average Bonchev–Trinajstić information content (AvgIpc) is 2.56. The Hall–Kier alpha value is -1.02. The zero-order chi connectivity index (χ0) is 12.6. The number of nitrogens with zero attached hydrogens (tertiary/aromatic N) is 1. The summed E-state index contributed by atoms with van der Waals surface area (Å²) in [6.07, 6.45) is 0. The van der Waals surface area contributed by atoms with Crippen LogP contribution in [0.3, 0.4) is 0 Å². The molecule has 2 heteroatoms. The van der Waals surface area contributed by atoms with Crippen molar-refractivity contribution in [3.05, 3.63) is 30.3 Å². The second-order valence-corrected chi connectivity index (χ2v) is 9.14. The third-order valence-electron chi connectivity index (χ3n) is 3.49. The van der Waals surface area contributed by atoms with Crippen LogP contribution in [0.25, 0.3) is 10.9 Å². The second-order valence-electron chi connectivity index (χ2n) is 5.41. The third-order valence-corrected chi connectivity index (χ3v) is 7.05. The highest BCUT2D eigenvalue weighted by atomic mass is 28.3. The van der Waals surface area contributed by atoms with Gasteiger partial charge in [0.25, 0.3) is 0 Å². The molecule has 0 aliphatic rings. The van der Waals surface area contributed by atoms with Crippen LogP contribution in [-0.4, -0.2) is 13.4 Å². The summed E-state index contributed by atoms with van der Waals surface area (Å²) in [6.45, 7) is 9.47. The van der Waals surface area contributed by atoms with E-state index in [4.69, 9.17) is 0 Å². The number of rotatable bonds is 3. The summed E-state index contributed by atoms with van der Waals surface area (Å²) >= 11 is 0. The predicted molar refractivity (Wildman–Crippen MR) is 78.5 cm³/mol. The lowest BCUT2D eigenvalue weighted by Gasteiger charge is -2.23. The number of aromatic nitrogens is 1. The van der Waals surface area contributed by atoms with E-state index in [2.05, 4.69) is 69.6 Å². The number of aryl methyl sites for hydroxylation is 1. The maximum atomic E-state index is 2.41. The molecule has 0 amide bonds. The lowest BCUT2D eigenvalue weighted by atomic mass is 10.2. The van der Waals surface area contributed by atoms with Crippen molar-refractivity contribution in [1.29, 1.82) is 0 Å². The number of fused-ring (bicyclic) bond motifs is 1. The van der Waals surface area contributed by atoms with E-state index in [1.165, 1.54) is 10.9 Å². The molecular formula is C15H22NSi. The quantitative estimate of drug-likeness (QED) is 0.726. The summed E-state index contributed by atoms with van der Waals surface area (Å²) in [6, 6.07) is 11.1. The summed E-state index contributed by atoms with van der Waals surface area (Å²) in [4.78, 5) is 0. The van der Waals surface area contributed by atoms with Gasteiger partial charge in [-0.3, -0.25) is 0 Å². The first-order valence-corrected chi connectivity index (χ1v) is 8.09. The Balaban J connectivity index is 2.57. The highest BCUT2D eigenvalue weighted by Gasteiger charge is 2.25. The van der Waals surface area contributed by atoms with Gasteiger partial charge < -0.3 is 4.57 Å². The van der Waals surface area contributed by atoms with E-state index in [9.17, 15) is 0 Å². The molecule has 0 atom stereocenters. The monoisotopic (exact) mass is 244 g/mol. The standard InChI is InChI=1S/C15H22NSi/c1-11(2)17(12(3)4)15-10-13-8-6-7-9-14(13)16(15)5/h6-12H,1-5H3. The second kappa shape index (κ2) is 4.69. The van der Waals surface area contributed by atoms with E-state index >= 15 is 0 Å². The molecule has 0 spiro atoms. The summed E-state index contributed by atoms with van der Waals surface area (Å²) in [5, 5.41) is 2.95. The predicted octanol–water partition coefficient (Wildman–Crippen LogP) is 3.70. The van der Waals surface area contributed by atoms with Gasteiger partial charge in [0.2, 0.25) is 0 Å². The third kappa shape index (κ3) is 2.18. The smallest absolute Gasteiger partial charge is 0.113 e. The Morgan fingerprint density at radius 2 is 1.59 bits per heavy atom. The summed E-state index contributed by atoms with van der Waals surface area (Å²) in [5.41, 5.74) is 2.93. The maximum absolute atomic E-state index is 2.41. The molecule has 1 nitrogen and oxygen atoms in total. The van der Waals surface area contributed by atoms with Crippen molar-refractivity contribution in [3.63, 3.8) is 0 Å². The molecule has 91 valence electrons. The SMILES string of the molecule is CC(C)[Si](c1cc2ccccc2n1C)C(C)C. The molecule has 0 saturated carbocycles. The molecule has 1 aromatic carbocycles. The molecular weight excluding hydrogens is 222 g/mol. The summed E-state index contributed by atoms with van der Waals surface area (Å²) < 4.78 is 2.41. The van der Waals surface area contributed by atoms with Gasteiger partial charge in [-0.05, 0) is 28.6 Å². The van der Waals surface area contributed by atoms with Crippen LogP contribution in [0.1, 0.15) is 27.7 Å². The minimum atomic E-state index is -0.484. The molecule has 1 heterocycles. The van der Waals surface area contributed by atoms with Crippen molar-refractivity contribution >= 4 is 25.0 Å². The topological polar surface area (TPSA) is 4.93 Å². The van der Waals surface area contributed by atoms with Gasteiger partial charge in [-0.2, -0.15) is 0 Å². The molecule has 0 fully saturated rings. The highest BCUT2D eigenvalue weighted by molar-refractivity contribution is 6.75. The van der Waals surface area contributed by atoms with Gasteiger partial charge >= 0.3 is 0 Å². The Morgan fingerprint density at radius 1 is 1.00 bits per heavy atom. The van der Waals surface area contributed by atoms with Crippen molar-refractivity contribution in [1.82, 2.24) is 4.57 Å². The van der Waals surface area contributed by atoms with Crippen LogP contribution in [0.4, 0.5) is 0 Å². The molecule has 0 bridgehead atoms. The van der Waals surface area contributed by atoms with Crippen molar-refractivity contribution in [3.8, 4) is 0 Å². The molecule has 2 rings (SSSR count). The zero-order valence-corrected chi connectivity index (χ0v) is 12.5. The van der Waals surface area contributed by atoms with E-state index in [0.717, 1.165) is 11.1 Å². The van der Waals surface area contributed by atoms with Crippen LogP contribution in [0.2, 0.25) is 11.1 Å². The van der Waals surface area contributed by atoms with Crippen molar-refractivity contribution in [2.45, 2.75) is 38.8 Å². The van der Waals surface area contributed by atoms with Crippen LogP contribution in [0.15, 0.2) is 30.3 Å². The van der Waals surface area contributed by atoms with Gasteiger partial charge in [-0.25, -0.2) is 0 Å². The fourth-order valence-corrected chi connectivity index (χ4v) is 6.17. The van der Waals surface area contributed by atoms with Crippen molar-refractivity contribution < 1.29 is 0 Å². The van der Waals surface area contributed by atoms with Crippen molar-refractivity contribution in [2.75, 3.05) is 0 Å². The fourth-order valence-electron chi connectivity index (χ4n) is 2.82. The van der Waals surface area contributed by atoms with Gasteiger partial charge in [-0.15, -0.1) is 0 Å². The van der Waals surface area contributed by atoms with Crippen LogP contribution >= 0.6 is 0 Å². The fraction of sp³-hybridized carbons (Fsp3) is 0.467. The molecule has 0 N–H and O–H groups in total. The zero-order valence-electron chi connectivity index (χ0n) is 11.5. The van der Waals surface area contributed by atoms with E-state index < -0.39 is 8.80 Å². The molecule has 0 aliphatic carbocycles. The number of hydrogen-bond donors (Lipinski definition) is 0. The van der Waals surface area contributed by atoms with Crippen LogP contribution in [0.5, 0.6) is 0 Å². The number of benzene rings is 1. The molecule has 1 radical (unpaired) electrons. The first-order valence-electron chi connectivity index (χ1n) is 6.44. The van der Waals surface area contributed by atoms with Crippen molar-refractivity contribution in [2.24, 2.45) is 7.05 Å². The molecule has 0 unspecified atom stereocenters. The van der Waals surface area contributed by atoms with Crippen LogP contribution < -0.4 is 5.32 Å². The minimum absolute atomic E-state index is 0.484. The first kappa shape index (κ1) is 12.4. The lowest BCUT2D eigenvalue weighted by molar-refractivity contribution is 0.923. The van der Waals surface area contributed by atoms with Gasteiger partial charge in [0, 0.05) is 17.9 Å². The van der Waals surface area contributed by atoms with E-state index in [1.807, 2.05) is 0 Å². The Bertz CT molecular complexity index is 503. The Kier molecular flexibility index (Phi) is 3.43.